The number of benzene rings is 1. The van der Waals surface area contributed by atoms with Gasteiger partial charge < -0.3 is 9.84 Å². The molecule has 88 valence electrons. The number of aliphatic hydroxyl groups is 1. The van der Waals surface area contributed by atoms with Gasteiger partial charge in [0.1, 0.15) is 5.75 Å². The van der Waals surface area contributed by atoms with E-state index < -0.39 is 6.10 Å². The second-order valence-electron chi connectivity index (χ2n) is 3.63. The second-order valence-corrected chi connectivity index (χ2v) is 4.55. The van der Waals surface area contributed by atoms with Gasteiger partial charge >= 0.3 is 0 Å². The highest BCUT2D eigenvalue weighted by atomic mass is 79.9. The quantitative estimate of drug-likeness (QED) is 0.938. The van der Waals surface area contributed by atoms with Gasteiger partial charge in [-0.05, 0) is 37.3 Å². The molecule has 0 saturated heterocycles. The molecule has 0 fully saturated rings. The first-order valence-corrected chi connectivity index (χ1v) is 6.02. The van der Waals surface area contributed by atoms with Crippen LogP contribution in [-0.2, 0) is 0 Å². The van der Waals surface area contributed by atoms with E-state index in [1.165, 1.54) is 0 Å². The van der Waals surface area contributed by atoms with Gasteiger partial charge in [0.05, 0.1) is 6.10 Å². The van der Waals surface area contributed by atoms with E-state index >= 15 is 0 Å². The maximum Gasteiger partial charge on any atom is 0.225 e. The third-order valence-corrected chi connectivity index (χ3v) is 2.75. The lowest BCUT2D eigenvalue weighted by atomic mass is 10.2. The van der Waals surface area contributed by atoms with Crippen molar-refractivity contribution in [3.63, 3.8) is 0 Å². The summed E-state index contributed by atoms with van der Waals surface area (Å²) in [5.41, 5.74) is 0.674. The van der Waals surface area contributed by atoms with Crippen molar-refractivity contribution in [2.45, 2.75) is 13.0 Å². The van der Waals surface area contributed by atoms with Crippen molar-refractivity contribution in [3.8, 4) is 11.6 Å². The van der Waals surface area contributed by atoms with E-state index in [0.29, 0.717) is 17.2 Å². The monoisotopic (exact) mass is 293 g/mol. The Morgan fingerprint density at radius 1 is 1.29 bits per heavy atom. The number of nitrogens with zero attached hydrogens (tertiary/aromatic N) is 1. The molecule has 17 heavy (non-hydrogen) atoms. The molecule has 0 bridgehead atoms. The average molecular weight is 294 g/mol. The predicted octanol–water partition coefficient (Wildman–Crippen LogP) is 3.69. The van der Waals surface area contributed by atoms with E-state index in [4.69, 9.17) is 4.74 Å². The van der Waals surface area contributed by atoms with Gasteiger partial charge in [-0.3, -0.25) is 0 Å². The van der Waals surface area contributed by atoms with E-state index in [9.17, 15) is 5.11 Å². The van der Waals surface area contributed by atoms with Crippen LogP contribution >= 0.6 is 15.9 Å². The lowest BCUT2D eigenvalue weighted by Gasteiger charge is -2.11. The summed E-state index contributed by atoms with van der Waals surface area (Å²) in [4.78, 5) is 4.13. The smallest absolute Gasteiger partial charge is 0.225 e. The number of ether oxygens (including phenoxy) is 1. The van der Waals surface area contributed by atoms with Crippen LogP contribution in [0, 0.1) is 0 Å². The third kappa shape index (κ3) is 3.05. The molecular formula is C13H12BrNO2. The molecule has 1 N–H and O–H groups in total. The fourth-order valence-corrected chi connectivity index (χ4v) is 1.83. The summed E-state index contributed by atoms with van der Waals surface area (Å²) in [6, 6.07) is 11.1. The highest BCUT2D eigenvalue weighted by molar-refractivity contribution is 9.10. The van der Waals surface area contributed by atoms with Crippen molar-refractivity contribution in [2.24, 2.45) is 0 Å². The van der Waals surface area contributed by atoms with Crippen LogP contribution < -0.4 is 4.74 Å². The maximum absolute atomic E-state index is 9.61. The van der Waals surface area contributed by atoms with Gasteiger partial charge in [0.15, 0.2) is 0 Å². The Labute approximate surface area is 108 Å². The summed E-state index contributed by atoms with van der Waals surface area (Å²) >= 11 is 3.37. The van der Waals surface area contributed by atoms with Crippen LogP contribution in [0.4, 0.5) is 0 Å². The first-order valence-electron chi connectivity index (χ1n) is 5.23. The number of hydrogen-bond donors (Lipinski definition) is 1. The number of hydrogen-bond acceptors (Lipinski definition) is 3. The molecule has 0 unspecified atom stereocenters. The van der Waals surface area contributed by atoms with Crippen LogP contribution in [0.2, 0.25) is 0 Å². The van der Waals surface area contributed by atoms with Gasteiger partial charge in [-0.1, -0.05) is 22.0 Å². The average Bonchev–Trinajstić information content (AvgIpc) is 2.29. The Balaban J connectivity index is 2.30. The predicted molar refractivity (Wildman–Crippen MR) is 69.1 cm³/mol. The molecule has 0 amide bonds. The first kappa shape index (κ1) is 12.1. The minimum absolute atomic E-state index is 0.431. The van der Waals surface area contributed by atoms with E-state index in [-0.39, 0.29) is 0 Å². The minimum atomic E-state index is -0.606. The largest absolute Gasteiger partial charge is 0.439 e. The van der Waals surface area contributed by atoms with Gasteiger partial charge in [-0.2, -0.15) is 0 Å². The molecule has 3 nitrogen and oxygen atoms in total. The number of aliphatic hydroxyl groups excluding tert-OH is 1. The first-order chi connectivity index (χ1) is 8.16. The molecular weight excluding hydrogens is 282 g/mol. The van der Waals surface area contributed by atoms with Gasteiger partial charge in [0.2, 0.25) is 5.88 Å². The van der Waals surface area contributed by atoms with Crippen LogP contribution in [-0.4, -0.2) is 10.1 Å². The van der Waals surface area contributed by atoms with Crippen molar-refractivity contribution in [3.05, 3.63) is 52.6 Å². The number of aromatic nitrogens is 1. The van der Waals surface area contributed by atoms with Crippen LogP contribution in [0.1, 0.15) is 18.6 Å². The van der Waals surface area contributed by atoms with Gasteiger partial charge in [-0.15, -0.1) is 0 Å². The number of pyridine rings is 1. The molecule has 1 heterocycles. The summed E-state index contributed by atoms with van der Waals surface area (Å²) in [5, 5.41) is 9.61. The van der Waals surface area contributed by atoms with Crippen molar-refractivity contribution in [2.75, 3.05) is 0 Å². The van der Waals surface area contributed by atoms with Gasteiger partial charge in [0.25, 0.3) is 0 Å². The zero-order valence-corrected chi connectivity index (χ0v) is 10.9. The number of halogens is 1. The van der Waals surface area contributed by atoms with E-state index in [2.05, 4.69) is 20.9 Å². The molecule has 2 rings (SSSR count). The van der Waals surface area contributed by atoms with Crippen LogP contribution in [0.3, 0.4) is 0 Å². The Morgan fingerprint density at radius 2 is 2.12 bits per heavy atom. The normalized spacial score (nSPS) is 12.2. The highest BCUT2D eigenvalue weighted by Crippen LogP contribution is 2.28. The Kier molecular flexibility index (Phi) is 3.76. The Morgan fingerprint density at radius 3 is 2.82 bits per heavy atom. The molecule has 0 saturated carbocycles. The molecule has 0 aliphatic heterocycles. The topological polar surface area (TPSA) is 42.4 Å². The molecule has 4 heteroatoms. The van der Waals surface area contributed by atoms with Crippen molar-refractivity contribution < 1.29 is 9.84 Å². The summed E-state index contributed by atoms with van der Waals surface area (Å²) in [6.07, 6.45) is 1.03. The fraction of sp³-hybridized carbons (Fsp3) is 0.154. The zero-order valence-electron chi connectivity index (χ0n) is 9.30. The third-order valence-electron chi connectivity index (χ3n) is 2.26. The van der Waals surface area contributed by atoms with Gasteiger partial charge in [0, 0.05) is 16.2 Å². The van der Waals surface area contributed by atoms with Crippen molar-refractivity contribution in [1.29, 1.82) is 0 Å². The van der Waals surface area contributed by atoms with E-state index in [1.807, 2.05) is 24.3 Å². The molecule has 1 aromatic carbocycles. The van der Waals surface area contributed by atoms with Crippen molar-refractivity contribution >= 4 is 15.9 Å². The second kappa shape index (κ2) is 5.29. The fourth-order valence-electron chi connectivity index (χ4n) is 1.45. The highest BCUT2D eigenvalue weighted by Gasteiger charge is 2.10. The standard InChI is InChI=1S/C13H12BrNO2/c1-9(16)12-6-3-7-15-13(12)17-11-5-2-4-10(14)8-11/h2-9,16H,1H3/t9-/m0/s1. The summed E-state index contributed by atoms with van der Waals surface area (Å²) < 4.78 is 6.59. The van der Waals surface area contributed by atoms with Gasteiger partial charge in [-0.25, -0.2) is 4.98 Å². The molecule has 2 aromatic rings. The SMILES string of the molecule is C[C@H](O)c1cccnc1Oc1cccc(Br)c1. The van der Waals surface area contributed by atoms with Crippen LogP contribution in [0.5, 0.6) is 11.6 Å². The number of rotatable bonds is 3. The maximum atomic E-state index is 9.61. The minimum Gasteiger partial charge on any atom is -0.439 e. The lowest BCUT2D eigenvalue weighted by Crippen LogP contribution is -1.97. The molecule has 1 atom stereocenters. The molecule has 0 aliphatic carbocycles. The Bertz CT molecular complexity index is 514. The van der Waals surface area contributed by atoms with Crippen LogP contribution in [0.25, 0.3) is 0 Å². The zero-order chi connectivity index (χ0) is 12.3. The molecule has 0 radical (unpaired) electrons. The summed E-state index contributed by atoms with van der Waals surface area (Å²) in [6.45, 7) is 1.69. The van der Waals surface area contributed by atoms with Crippen LogP contribution in [0.15, 0.2) is 47.1 Å². The van der Waals surface area contributed by atoms with Crippen molar-refractivity contribution in [1.82, 2.24) is 4.98 Å². The molecule has 1 aromatic heterocycles. The van der Waals surface area contributed by atoms with E-state index in [0.717, 1.165) is 4.47 Å². The molecule has 0 spiro atoms. The summed E-state index contributed by atoms with van der Waals surface area (Å²) in [5.74, 6) is 1.11. The molecule has 0 aliphatic rings. The summed E-state index contributed by atoms with van der Waals surface area (Å²) in [7, 11) is 0. The lowest BCUT2D eigenvalue weighted by molar-refractivity contribution is 0.194. The van der Waals surface area contributed by atoms with E-state index in [1.54, 1.807) is 25.3 Å². The Hall–Kier alpha value is -1.39.